The topological polar surface area (TPSA) is 66.4 Å². The Balaban J connectivity index is 3.02. The molecule has 0 amide bonds. The summed E-state index contributed by atoms with van der Waals surface area (Å²) in [6.07, 6.45) is 0.251. The van der Waals surface area contributed by atoms with Crippen molar-refractivity contribution in [1.29, 1.82) is 0 Å². The van der Waals surface area contributed by atoms with E-state index in [0.717, 1.165) is 6.07 Å². The van der Waals surface area contributed by atoms with Crippen molar-refractivity contribution in [2.45, 2.75) is 30.7 Å². The fourth-order valence-corrected chi connectivity index (χ4v) is 2.93. The maximum atomic E-state index is 13.4. The van der Waals surface area contributed by atoms with E-state index in [1.807, 2.05) is 0 Å². The number of aliphatic hydroxyl groups excluding tert-OH is 1. The van der Waals surface area contributed by atoms with E-state index < -0.39 is 21.4 Å². The molecular weight excluding hydrogens is 245 g/mol. The molecule has 0 unspecified atom stereocenters. The molecule has 0 aromatic heterocycles. The van der Waals surface area contributed by atoms with Crippen molar-refractivity contribution < 1.29 is 17.9 Å². The molecule has 0 bridgehead atoms. The van der Waals surface area contributed by atoms with Gasteiger partial charge < -0.3 is 5.11 Å². The Hall–Kier alpha value is -0.980. The highest BCUT2D eigenvalue weighted by Gasteiger charge is 2.27. The Kier molecular flexibility index (Phi) is 4.24. The van der Waals surface area contributed by atoms with Crippen molar-refractivity contribution in [2.75, 3.05) is 6.61 Å². The van der Waals surface area contributed by atoms with E-state index >= 15 is 0 Å². The van der Waals surface area contributed by atoms with Crippen LogP contribution in [0.1, 0.15) is 20.3 Å². The summed E-state index contributed by atoms with van der Waals surface area (Å²) in [5.74, 6) is -0.792. The molecule has 96 valence electrons. The lowest BCUT2D eigenvalue weighted by Crippen LogP contribution is -2.44. The van der Waals surface area contributed by atoms with Gasteiger partial charge in [-0.2, -0.15) is 0 Å². The second-order valence-electron chi connectivity index (χ2n) is 4.39. The van der Waals surface area contributed by atoms with Crippen molar-refractivity contribution in [2.24, 2.45) is 0 Å². The smallest absolute Gasteiger partial charge is 0.243 e. The highest BCUT2D eigenvalue weighted by Crippen LogP contribution is 2.17. The first kappa shape index (κ1) is 14.1. The van der Waals surface area contributed by atoms with Gasteiger partial charge in [0, 0.05) is 12.1 Å². The number of sulfonamides is 1. The summed E-state index contributed by atoms with van der Waals surface area (Å²) in [6, 6.07) is 5.17. The van der Waals surface area contributed by atoms with Gasteiger partial charge >= 0.3 is 0 Å². The van der Waals surface area contributed by atoms with Crippen molar-refractivity contribution in [3.63, 3.8) is 0 Å². The minimum absolute atomic E-state index is 0.146. The highest BCUT2D eigenvalue weighted by atomic mass is 32.2. The van der Waals surface area contributed by atoms with Crippen LogP contribution in [-0.4, -0.2) is 25.7 Å². The van der Waals surface area contributed by atoms with E-state index in [1.165, 1.54) is 18.2 Å². The highest BCUT2D eigenvalue weighted by molar-refractivity contribution is 7.89. The SMILES string of the molecule is CC(C)(CCO)NS(=O)(=O)c1ccccc1F. The molecule has 0 atom stereocenters. The minimum Gasteiger partial charge on any atom is -0.396 e. The second kappa shape index (κ2) is 5.12. The molecule has 17 heavy (non-hydrogen) atoms. The molecule has 1 aromatic rings. The molecule has 0 heterocycles. The van der Waals surface area contributed by atoms with Crippen LogP contribution in [0.3, 0.4) is 0 Å². The van der Waals surface area contributed by atoms with Gasteiger partial charge in [-0.1, -0.05) is 12.1 Å². The van der Waals surface area contributed by atoms with E-state index in [1.54, 1.807) is 13.8 Å². The predicted molar refractivity (Wildman–Crippen MR) is 62.5 cm³/mol. The minimum atomic E-state index is -3.91. The zero-order chi connectivity index (χ0) is 13.1. The van der Waals surface area contributed by atoms with Gasteiger partial charge in [-0.15, -0.1) is 0 Å². The van der Waals surface area contributed by atoms with Gasteiger partial charge in [0.05, 0.1) is 0 Å². The molecule has 0 saturated carbocycles. The Bertz CT molecular complexity index is 485. The van der Waals surface area contributed by atoms with Crippen LogP contribution in [0.25, 0.3) is 0 Å². The maximum Gasteiger partial charge on any atom is 0.243 e. The van der Waals surface area contributed by atoms with Crippen LogP contribution in [0.5, 0.6) is 0 Å². The van der Waals surface area contributed by atoms with Crippen LogP contribution < -0.4 is 4.72 Å². The van der Waals surface area contributed by atoms with Crippen molar-refractivity contribution in [1.82, 2.24) is 4.72 Å². The number of hydrogen-bond acceptors (Lipinski definition) is 3. The molecule has 4 nitrogen and oxygen atoms in total. The standard InChI is InChI=1S/C11H16FNO3S/c1-11(2,7-8-14)13-17(15,16)10-6-4-3-5-9(10)12/h3-6,13-14H,7-8H2,1-2H3. The van der Waals surface area contributed by atoms with Gasteiger partial charge in [-0.05, 0) is 32.4 Å². The monoisotopic (exact) mass is 261 g/mol. The van der Waals surface area contributed by atoms with Gasteiger partial charge in [0.1, 0.15) is 10.7 Å². The summed E-state index contributed by atoms with van der Waals surface area (Å²) >= 11 is 0. The molecule has 0 aliphatic rings. The first-order valence-corrected chi connectivity index (χ1v) is 6.66. The van der Waals surface area contributed by atoms with Crippen molar-refractivity contribution >= 4 is 10.0 Å². The van der Waals surface area contributed by atoms with Crippen LogP contribution in [0.4, 0.5) is 4.39 Å². The van der Waals surface area contributed by atoms with E-state index in [9.17, 15) is 12.8 Å². The van der Waals surface area contributed by atoms with Crippen molar-refractivity contribution in [3.05, 3.63) is 30.1 Å². The third-order valence-corrected chi connectivity index (χ3v) is 4.01. The molecule has 0 saturated heterocycles. The Morgan fingerprint density at radius 2 is 1.94 bits per heavy atom. The molecule has 0 radical (unpaired) electrons. The van der Waals surface area contributed by atoms with E-state index in [0.29, 0.717) is 0 Å². The molecule has 1 rings (SSSR count). The van der Waals surface area contributed by atoms with E-state index in [4.69, 9.17) is 5.11 Å². The maximum absolute atomic E-state index is 13.4. The number of aliphatic hydroxyl groups is 1. The summed E-state index contributed by atoms with van der Waals surface area (Å²) in [6.45, 7) is 3.11. The Morgan fingerprint density at radius 1 is 1.35 bits per heavy atom. The molecule has 0 aliphatic heterocycles. The van der Waals surface area contributed by atoms with Crippen LogP contribution in [-0.2, 0) is 10.0 Å². The Labute approximate surface area is 101 Å². The quantitative estimate of drug-likeness (QED) is 0.838. The number of rotatable bonds is 5. The van der Waals surface area contributed by atoms with Crippen LogP contribution in [0.15, 0.2) is 29.2 Å². The first-order chi connectivity index (χ1) is 7.78. The van der Waals surface area contributed by atoms with Crippen LogP contribution in [0, 0.1) is 5.82 Å². The summed E-state index contributed by atoms with van der Waals surface area (Å²) < 4.78 is 39.6. The summed E-state index contributed by atoms with van der Waals surface area (Å²) in [7, 11) is -3.91. The molecule has 0 fully saturated rings. The predicted octanol–water partition coefficient (Wildman–Crippen LogP) is 1.26. The molecule has 1 aromatic carbocycles. The largest absolute Gasteiger partial charge is 0.396 e. The molecule has 0 aliphatic carbocycles. The summed E-state index contributed by atoms with van der Waals surface area (Å²) in [5, 5.41) is 8.81. The third-order valence-electron chi connectivity index (χ3n) is 2.27. The first-order valence-electron chi connectivity index (χ1n) is 5.18. The second-order valence-corrected chi connectivity index (χ2v) is 6.04. The van der Waals surface area contributed by atoms with Gasteiger partial charge in [-0.3, -0.25) is 0 Å². The fraction of sp³-hybridized carbons (Fsp3) is 0.455. The van der Waals surface area contributed by atoms with Crippen molar-refractivity contribution in [3.8, 4) is 0 Å². The fourth-order valence-electron chi connectivity index (χ4n) is 1.41. The van der Waals surface area contributed by atoms with Gasteiger partial charge in [0.25, 0.3) is 0 Å². The lowest BCUT2D eigenvalue weighted by Gasteiger charge is -2.25. The zero-order valence-corrected chi connectivity index (χ0v) is 10.6. The summed E-state index contributed by atoms with van der Waals surface area (Å²) in [4.78, 5) is -0.383. The summed E-state index contributed by atoms with van der Waals surface area (Å²) in [5.41, 5.74) is -0.824. The average molecular weight is 261 g/mol. The number of nitrogens with one attached hydrogen (secondary N) is 1. The molecule has 0 spiro atoms. The van der Waals surface area contributed by atoms with Gasteiger partial charge in [0.2, 0.25) is 10.0 Å². The zero-order valence-electron chi connectivity index (χ0n) is 9.77. The molecule has 2 N–H and O–H groups in total. The number of halogens is 1. The average Bonchev–Trinajstić information content (AvgIpc) is 2.15. The van der Waals surface area contributed by atoms with E-state index in [-0.39, 0.29) is 17.9 Å². The number of hydrogen-bond donors (Lipinski definition) is 2. The van der Waals surface area contributed by atoms with Crippen LogP contribution >= 0.6 is 0 Å². The molecular formula is C11H16FNO3S. The lowest BCUT2D eigenvalue weighted by molar-refractivity contribution is 0.245. The molecule has 6 heteroatoms. The van der Waals surface area contributed by atoms with Gasteiger partial charge in [0.15, 0.2) is 0 Å². The number of benzene rings is 1. The normalized spacial score (nSPS) is 12.7. The third kappa shape index (κ3) is 3.76. The van der Waals surface area contributed by atoms with Gasteiger partial charge in [-0.25, -0.2) is 17.5 Å². The lowest BCUT2D eigenvalue weighted by atomic mass is 10.0. The van der Waals surface area contributed by atoms with Crippen LogP contribution in [0.2, 0.25) is 0 Å². The Morgan fingerprint density at radius 3 is 2.47 bits per heavy atom. The van der Waals surface area contributed by atoms with E-state index in [2.05, 4.69) is 4.72 Å².